The number of fused-ring (bicyclic) bond motifs is 1. The average Bonchev–Trinajstić information content (AvgIpc) is 3.00. The Labute approximate surface area is 136 Å². The van der Waals surface area contributed by atoms with E-state index in [1.807, 2.05) is 47.4 Å². The van der Waals surface area contributed by atoms with E-state index in [0.717, 1.165) is 43.0 Å². The number of rotatable bonds is 1. The third-order valence-corrected chi connectivity index (χ3v) is 4.27. The molecule has 2 heterocycles. The van der Waals surface area contributed by atoms with Gasteiger partial charge in [0.2, 0.25) is 0 Å². The first-order valence-electron chi connectivity index (χ1n) is 7.43. The molecule has 4 heteroatoms. The van der Waals surface area contributed by atoms with E-state index < -0.39 is 0 Å². The van der Waals surface area contributed by atoms with E-state index in [-0.39, 0.29) is 18.3 Å². The Morgan fingerprint density at radius 2 is 1.73 bits per heavy atom. The van der Waals surface area contributed by atoms with Crippen LogP contribution in [-0.2, 0) is 6.54 Å². The summed E-state index contributed by atoms with van der Waals surface area (Å²) in [6.07, 6.45) is 2.11. The summed E-state index contributed by atoms with van der Waals surface area (Å²) in [5.41, 5.74) is 3.01. The molecule has 0 spiro atoms. The lowest BCUT2D eigenvalue weighted by atomic mass is 10.1. The second-order valence-electron chi connectivity index (χ2n) is 5.58. The highest BCUT2D eigenvalue weighted by atomic mass is 35.5. The molecule has 22 heavy (non-hydrogen) atoms. The fraction of sp³-hybridized carbons (Fsp3) is 0.222. The second kappa shape index (κ2) is 5.93. The van der Waals surface area contributed by atoms with Crippen LogP contribution in [0, 0.1) is 0 Å². The van der Waals surface area contributed by atoms with Gasteiger partial charge in [-0.25, -0.2) is 4.79 Å². The minimum Gasteiger partial charge on any atom is -1.00 e. The number of amidine groups is 1. The van der Waals surface area contributed by atoms with Gasteiger partial charge in [0.05, 0.1) is 18.5 Å². The molecule has 4 rings (SSSR count). The van der Waals surface area contributed by atoms with Crippen LogP contribution in [0.4, 0.5) is 5.69 Å². The van der Waals surface area contributed by atoms with E-state index >= 15 is 0 Å². The van der Waals surface area contributed by atoms with Gasteiger partial charge in [0.15, 0.2) is 0 Å². The van der Waals surface area contributed by atoms with Crippen LogP contribution in [0.5, 0.6) is 0 Å². The molecule has 0 radical (unpaired) electrons. The molecule has 112 valence electrons. The van der Waals surface area contributed by atoms with Gasteiger partial charge in [-0.05, 0) is 24.6 Å². The van der Waals surface area contributed by atoms with Gasteiger partial charge in [-0.1, -0.05) is 36.4 Å². The van der Waals surface area contributed by atoms with E-state index in [1.165, 1.54) is 5.56 Å². The first-order valence-corrected chi connectivity index (χ1v) is 7.43. The molecule has 0 saturated carbocycles. The van der Waals surface area contributed by atoms with Crippen molar-refractivity contribution in [2.45, 2.75) is 19.4 Å². The summed E-state index contributed by atoms with van der Waals surface area (Å²) < 4.78 is 2.34. The predicted molar refractivity (Wildman–Crippen MR) is 82.8 cm³/mol. The Kier molecular flexibility index (Phi) is 3.99. The Bertz CT molecular complexity index is 740. The Morgan fingerprint density at radius 1 is 1.00 bits per heavy atom. The second-order valence-corrected chi connectivity index (χ2v) is 5.58. The highest BCUT2D eigenvalue weighted by Gasteiger charge is 2.40. The minimum absolute atomic E-state index is 0. The maximum atomic E-state index is 13.0. The van der Waals surface area contributed by atoms with Crippen LogP contribution >= 0.6 is 0 Å². The maximum absolute atomic E-state index is 13.0. The van der Waals surface area contributed by atoms with Crippen LogP contribution in [0.25, 0.3) is 0 Å². The van der Waals surface area contributed by atoms with Crippen molar-refractivity contribution >= 4 is 17.4 Å². The summed E-state index contributed by atoms with van der Waals surface area (Å²) in [5, 5.41) is 0. The van der Waals surface area contributed by atoms with Crippen LogP contribution in [0.1, 0.15) is 28.8 Å². The van der Waals surface area contributed by atoms with E-state index in [1.54, 1.807) is 0 Å². The summed E-state index contributed by atoms with van der Waals surface area (Å²) in [6.45, 7) is 1.96. The Balaban J connectivity index is 0.00000144. The molecular weight excluding hydrogens is 296 g/mol. The smallest absolute Gasteiger partial charge is 0.346 e. The number of benzene rings is 2. The molecule has 0 bridgehead atoms. The van der Waals surface area contributed by atoms with Crippen molar-refractivity contribution in [1.29, 1.82) is 0 Å². The zero-order valence-electron chi connectivity index (χ0n) is 12.2. The number of hydrogen-bond acceptors (Lipinski definition) is 1. The Hall–Kier alpha value is -2.13. The number of anilines is 1. The van der Waals surface area contributed by atoms with Gasteiger partial charge in [0.1, 0.15) is 12.2 Å². The SMILES string of the molecule is O=C(c1ccccc1)N1C2=[N+](CCC2)Cc2ccccc21.[Cl-]. The lowest BCUT2D eigenvalue weighted by Crippen LogP contribution is -3.00. The third-order valence-electron chi connectivity index (χ3n) is 4.27. The maximum Gasteiger partial charge on any atom is 0.346 e. The fourth-order valence-corrected chi connectivity index (χ4v) is 3.28. The summed E-state index contributed by atoms with van der Waals surface area (Å²) in [7, 11) is 0. The van der Waals surface area contributed by atoms with Gasteiger partial charge < -0.3 is 12.4 Å². The largest absolute Gasteiger partial charge is 1.00 e. The van der Waals surface area contributed by atoms with E-state index in [2.05, 4.69) is 16.7 Å². The molecule has 0 fully saturated rings. The van der Waals surface area contributed by atoms with Gasteiger partial charge in [0, 0.05) is 5.56 Å². The quantitative estimate of drug-likeness (QED) is 0.683. The highest BCUT2D eigenvalue weighted by Crippen LogP contribution is 2.30. The number of carbonyl (C=O) groups excluding carboxylic acids is 1. The molecule has 2 aromatic carbocycles. The first kappa shape index (κ1) is 14.8. The summed E-state index contributed by atoms with van der Waals surface area (Å²) in [5.74, 6) is 1.23. The molecule has 0 atom stereocenters. The van der Waals surface area contributed by atoms with Gasteiger partial charge in [-0.15, -0.1) is 0 Å². The van der Waals surface area contributed by atoms with E-state index in [0.29, 0.717) is 0 Å². The van der Waals surface area contributed by atoms with Crippen molar-refractivity contribution in [1.82, 2.24) is 0 Å². The predicted octanol–water partition coefficient (Wildman–Crippen LogP) is 0.0558. The number of hydrogen-bond donors (Lipinski definition) is 0. The van der Waals surface area contributed by atoms with Gasteiger partial charge in [0.25, 0.3) is 5.84 Å². The molecule has 0 N–H and O–H groups in total. The monoisotopic (exact) mass is 312 g/mol. The molecule has 0 saturated heterocycles. The number of halogens is 1. The zero-order chi connectivity index (χ0) is 14.2. The normalized spacial score (nSPS) is 15.9. The van der Waals surface area contributed by atoms with Crippen LogP contribution in [0.15, 0.2) is 54.6 Å². The molecule has 0 unspecified atom stereocenters. The molecule has 2 aliphatic rings. The molecular formula is C18H17ClN2O. The van der Waals surface area contributed by atoms with Gasteiger partial charge in [-0.2, -0.15) is 4.90 Å². The van der Waals surface area contributed by atoms with Crippen molar-refractivity contribution in [2.75, 3.05) is 11.4 Å². The zero-order valence-corrected chi connectivity index (χ0v) is 13.0. The minimum atomic E-state index is 0. The van der Waals surface area contributed by atoms with Gasteiger partial charge in [-0.3, -0.25) is 4.58 Å². The summed E-state index contributed by atoms with van der Waals surface area (Å²) >= 11 is 0. The van der Waals surface area contributed by atoms with E-state index in [4.69, 9.17) is 0 Å². The number of nitrogens with zero attached hydrogens (tertiary/aromatic N) is 2. The topological polar surface area (TPSA) is 23.3 Å². The van der Waals surface area contributed by atoms with Crippen LogP contribution in [0.2, 0.25) is 0 Å². The number of amides is 1. The number of para-hydroxylation sites is 1. The van der Waals surface area contributed by atoms with Crippen LogP contribution in [0.3, 0.4) is 0 Å². The molecule has 0 aliphatic carbocycles. The van der Waals surface area contributed by atoms with Crippen molar-refractivity contribution in [3.05, 3.63) is 65.7 Å². The molecule has 2 aromatic rings. The van der Waals surface area contributed by atoms with Crippen LogP contribution in [-0.4, -0.2) is 22.9 Å². The Morgan fingerprint density at radius 3 is 2.55 bits per heavy atom. The van der Waals surface area contributed by atoms with Crippen molar-refractivity contribution in [3.63, 3.8) is 0 Å². The third kappa shape index (κ3) is 2.32. The van der Waals surface area contributed by atoms with Crippen LogP contribution < -0.4 is 17.3 Å². The van der Waals surface area contributed by atoms with Gasteiger partial charge >= 0.3 is 5.91 Å². The lowest BCUT2D eigenvalue weighted by Gasteiger charge is -2.24. The van der Waals surface area contributed by atoms with Crippen molar-refractivity contribution in [2.24, 2.45) is 0 Å². The van der Waals surface area contributed by atoms with Crippen molar-refractivity contribution < 1.29 is 21.8 Å². The standard InChI is InChI=1S/C18H17N2O.ClH/c21-18(14-7-2-1-3-8-14)20-16-10-5-4-9-15(16)13-19-12-6-11-17(19)20;/h1-5,7-10H,6,11-13H2;1H/q+1;/p-1. The highest BCUT2D eigenvalue weighted by molar-refractivity contribution is 6.22. The molecule has 1 amide bonds. The lowest BCUT2D eigenvalue weighted by molar-refractivity contribution is -0.538. The van der Waals surface area contributed by atoms with E-state index in [9.17, 15) is 4.79 Å². The summed E-state index contributed by atoms with van der Waals surface area (Å²) in [6, 6.07) is 17.8. The number of carbonyl (C=O) groups is 1. The molecule has 0 aromatic heterocycles. The average molecular weight is 313 g/mol. The molecule has 3 nitrogen and oxygen atoms in total. The first-order chi connectivity index (χ1) is 10.3. The summed E-state index contributed by atoms with van der Waals surface area (Å²) in [4.78, 5) is 14.9. The molecule has 2 aliphatic heterocycles. The fourth-order valence-electron chi connectivity index (χ4n) is 3.28. The van der Waals surface area contributed by atoms with Crippen molar-refractivity contribution in [3.8, 4) is 0 Å².